The fourth-order valence-corrected chi connectivity index (χ4v) is 2.75. The molecule has 1 heterocycles. The highest BCUT2D eigenvalue weighted by atomic mass is 35.5. The van der Waals surface area contributed by atoms with Gasteiger partial charge >= 0.3 is 12.1 Å². The predicted molar refractivity (Wildman–Crippen MR) is 97.0 cm³/mol. The summed E-state index contributed by atoms with van der Waals surface area (Å²) in [4.78, 5) is 35.9. The molecule has 7 nitrogen and oxygen atoms in total. The Kier molecular flexibility index (Phi) is 5.83. The van der Waals surface area contributed by atoms with Gasteiger partial charge in [0.25, 0.3) is 0 Å². The zero-order valence-electron chi connectivity index (χ0n) is 14.3. The fourth-order valence-electron chi connectivity index (χ4n) is 2.22. The van der Waals surface area contributed by atoms with Gasteiger partial charge in [0.1, 0.15) is 11.6 Å². The van der Waals surface area contributed by atoms with Crippen molar-refractivity contribution in [2.24, 2.45) is 0 Å². The van der Waals surface area contributed by atoms with E-state index in [1.54, 1.807) is 20.8 Å². The molecule has 9 heteroatoms. The number of alkyl carbamates (subject to hydrolysis) is 1. The number of hydrogen-bond donors (Lipinski definition) is 2. The summed E-state index contributed by atoms with van der Waals surface area (Å²) in [6.07, 6.45) is -0.0742. The van der Waals surface area contributed by atoms with Gasteiger partial charge in [-0.2, -0.15) is 0 Å². The van der Waals surface area contributed by atoms with Crippen molar-refractivity contribution in [3.05, 3.63) is 44.2 Å². The first-order chi connectivity index (χ1) is 12.0. The topological polar surface area (TPSA) is 106 Å². The van der Waals surface area contributed by atoms with E-state index >= 15 is 0 Å². The van der Waals surface area contributed by atoms with Crippen LogP contribution in [0.3, 0.4) is 0 Å². The number of hydrogen-bond acceptors (Lipinski definition) is 5. The zero-order chi connectivity index (χ0) is 19.6. The lowest BCUT2D eigenvalue weighted by molar-refractivity contribution is -0.139. The van der Waals surface area contributed by atoms with Crippen LogP contribution in [0.2, 0.25) is 10.0 Å². The minimum absolute atomic E-state index is 0.0549. The molecule has 1 aromatic carbocycles. The smallest absolute Gasteiger partial charge is 0.408 e. The minimum Gasteiger partial charge on any atom is -0.480 e. The van der Waals surface area contributed by atoms with Crippen molar-refractivity contribution >= 4 is 46.2 Å². The number of amides is 1. The second-order valence-electron chi connectivity index (χ2n) is 6.60. The van der Waals surface area contributed by atoms with Crippen LogP contribution in [0, 0.1) is 0 Å². The zero-order valence-corrected chi connectivity index (χ0v) is 15.8. The van der Waals surface area contributed by atoms with E-state index in [9.17, 15) is 19.5 Å². The molecule has 1 unspecified atom stereocenters. The third kappa shape index (κ3) is 4.89. The van der Waals surface area contributed by atoms with E-state index in [1.165, 1.54) is 12.1 Å². The van der Waals surface area contributed by atoms with Crippen molar-refractivity contribution < 1.29 is 23.8 Å². The third-order valence-corrected chi connectivity index (χ3v) is 3.78. The van der Waals surface area contributed by atoms with Crippen LogP contribution in [-0.4, -0.2) is 28.8 Å². The number of carboxylic acid groups (broad SMARTS) is 1. The number of carbonyl (C=O) groups excluding carboxylic acids is 1. The van der Waals surface area contributed by atoms with Crippen molar-refractivity contribution in [2.75, 3.05) is 0 Å². The van der Waals surface area contributed by atoms with Crippen molar-refractivity contribution in [2.45, 2.75) is 38.8 Å². The quantitative estimate of drug-likeness (QED) is 0.809. The molecule has 0 fully saturated rings. The molecule has 26 heavy (non-hydrogen) atoms. The van der Waals surface area contributed by atoms with Gasteiger partial charge in [-0.1, -0.05) is 23.2 Å². The SMILES string of the molecule is CC(C)(C)OC(=O)NC(Cc1coc2c(Cl)cc(Cl)cc2c1=O)C(=O)O. The second-order valence-corrected chi connectivity index (χ2v) is 7.44. The maximum absolute atomic E-state index is 12.6. The van der Waals surface area contributed by atoms with Crippen molar-refractivity contribution in [1.29, 1.82) is 0 Å². The Morgan fingerprint density at radius 1 is 1.31 bits per heavy atom. The summed E-state index contributed by atoms with van der Waals surface area (Å²) < 4.78 is 10.4. The van der Waals surface area contributed by atoms with E-state index in [4.69, 9.17) is 32.4 Å². The molecule has 0 saturated heterocycles. The number of nitrogens with one attached hydrogen (secondary N) is 1. The normalized spacial score (nSPS) is 12.7. The van der Waals surface area contributed by atoms with Crippen LogP contribution >= 0.6 is 23.2 Å². The Morgan fingerprint density at radius 2 is 1.96 bits per heavy atom. The van der Waals surface area contributed by atoms with Gasteiger partial charge in [-0.3, -0.25) is 4.79 Å². The van der Waals surface area contributed by atoms with Gasteiger partial charge in [-0.15, -0.1) is 0 Å². The number of fused-ring (bicyclic) bond motifs is 1. The molecule has 0 radical (unpaired) electrons. The molecule has 1 atom stereocenters. The van der Waals surface area contributed by atoms with Crippen LogP contribution in [-0.2, 0) is 16.0 Å². The van der Waals surface area contributed by atoms with Crippen molar-refractivity contribution in [3.8, 4) is 0 Å². The van der Waals surface area contributed by atoms with Gasteiger partial charge in [-0.25, -0.2) is 9.59 Å². The Labute approximate surface area is 158 Å². The summed E-state index contributed by atoms with van der Waals surface area (Å²) in [5.41, 5.74) is -1.06. The Balaban J connectivity index is 2.32. The Hall–Kier alpha value is -2.25. The average Bonchev–Trinajstić information content (AvgIpc) is 2.47. The average molecular weight is 402 g/mol. The fraction of sp³-hybridized carbons (Fsp3) is 0.353. The molecule has 1 amide bonds. The summed E-state index contributed by atoms with van der Waals surface area (Å²) in [5, 5.41) is 12.1. The van der Waals surface area contributed by atoms with Gasteiger partial charge in [0, 0.05) is 17.0 Å². The van der Waals surface area contributed by atoms with Crippen LogP contribution in [0.4, 0.5) is 4.79 Å². The van der Waals surface area contributed by atoms with Crippen molar-refractivity contribution in [3.63, 3.8) is 0 Å². The molecule has 0 saturated carbocycles. The van der Waals surface area contributed by atoms with E-state index < -0.39 is 29.1 Å². The highest BCUT2D eigenvalue weighted by molar-refractivity contribution is 6.38. The van der Waals surface area contributed by atoms with Gasteiger partial charge < -0.3 is 19.6 Å². The van der Waals surface area contributed by atoms with E-state index in [0.29, 0.717) is 0 Å². The van der Waals surface area contributed by atoms with Gasteiger partial charge in [0.2, 0.25) is 0 Å². The standard InChI is InChI=1S/C17H17Cl2NO6/c1-17(2,3)26-16(24)20-12(15(22)23)4-8-7-25-14-10(13(8)21)5-9(18)6-11(14)19/h5-7,12H,4H2,1-3H3,(H,20,24)(H,22,23). The van der Waals surface area contributed by atoms with Crippen LogP contribution in [0.15, 0.2) is 27.6 Å². The van der Waals surface area contributed by atoms with Crippen LogP contribution in [0.25, 0.3) is 11.0 Å². The lowest BCUT2D eigenvalue weighted by atomic mass is 10.1. The van der Waals surface area contributed by atoms with E-state index in [-0.39, 0.29) is 33.0 Å². The second kappa shape index (κ2) is 7.55. The maximum atomic E-state index is 12.6. The molecule has 1 aromatic heterocycles. The molecule has 0 aliphatic heterocycles. The van der Waals surface area contributed by atoms with E-state index in [0.717, 1.165) is 6.26 Å². The summed E-state index contributed by atoms with van der Waals surface area (Å²) in [5.74, 6) is -1.32. The first kappa shape index (κ1) is 20.1. The van der Waals surface area contributed by atoms with Gasteiger partial charge in [0.05, 0.1) is 16.7 Å². The lowest BCUT2D eigenvalue weighted by Crippen LogP contribution is -2.45. The molecule has 2 N–H and O–H groups in total. The minimum atomic E-state index is -1.38. The van der Waals surface area contributed by atoms with E-state index in [1.807, 2.05) is 0 Å². The molecular weight excluding hydrogens is 385 g/mol. The molecule has 0 bridgehead atoms. The number of benzene rings is 1. The largest absolute Gasteiger partial charge is 0.480 e. The summed E-state index contributed by atoms with van der Waals surface area (Å²) in [6.45, 7) is 4.94. The van der Waals surface area contributed by atoms with Gasteiger partial charge in [0.15, 0.2) is 11.0 Å². The molecular formula is C17H17Cl2NO6. The molecule has 2 rings (SSSR count). The van der Waals surface area contributed by atoms with Gasteiger partial charge in [-0.05, 0) is 32.9 Å². The molecule has 2 aromatic rings. The first-order valence-corrected chi connectivity index (χ1v) is 8.35. The summed E-state index contributed by atoms with van der Waals surface area (Å²) in [7, 11) is 0. The highest BCUT2D eigenvalue weighted by Crippen LogP contribution is 2.26. The highest BCUT2D eigenvalue weighted by Gasteiger charge is 2.26. The van der Waals surface area contributed by atoms with E-state index in [2.05, 4.69) is 5.32 Å². The Morgan fingerprint density at radius 3 is 2.54 bits per heavy atom. The molecule has 0 spiro atoms. The summed E-state index contributed by atoms with van der Waals surface area (Å²) >= 11 is 11.9. The number of halogens is 2. The number of aliphatic carboxylic acids is 1. The number of carbonyl (C=O) groups is 2. The summed E-state index contributed by atoms with van der Waals surface area (Å²) in [6, 6.07) is 1.44. The van der Waals surface area contributed by atoms with Crippen molar-refractivity contribution in [1.82, 2.24) is 5.32 Å². The third-order valence-electron chi connectivity index (χ3n) is 3.28. The molecule has 0 aliphatic carbocycles. The monoisotopic (exact) mass is 401 g/mol. The van der Waals surface area contributed by atoms with Crippen LogP contribution in [0.1, 0.15) is 26.3 Å². The first-order valence-electron chi connectivity index (χ1n) is 7.59. The van der Waals surface area contributed by atoms with Crippen LogP contribution in [0.5, 0.6) is 0 Å². The number of carboxylic acids is 1. The number of ether oxygens (including phenoxy) is 1. The molecule has 0 aliphatic rings. The predicted octanol–water partition coefficient (Wildman–Crippen LogP) is 3.62. The lowest BCUT2D eigenvalue weighted by Gasteiger charge is -2.21. The Bertz CT molecular complexity index is 916. The molecule has 140 valence electrons. The van der Waals surface area contributed by atoms with Crippen LogP contribution < -0.4 is 10.7 Å². The maximum Gasteiger partial charge on any atom is 0.408 e. The number of rotatable bonds is 4.